The van der Waals surface area contributed by atoms with E-state index in [2.05, 4.69) is 9.72 Å². The van der Waals surface area contributed by atoms with Gasteiger partial charge in [-0.1, -0.05) is 0 Å². The number of methoxy groups -OCH3 is 1. The maximum Gasteiger partial charge on any atom is 0.573 e. The van der Waals surface area contributed by atoms with E-state index in [1.54, 1.807) is 27.7 Å². The minimum atomic E-state index is -4.86. The lowest BCUT2D eigenvalue weighted by atomic mass is 9.87. The number of nitrogens with zero attached hydrogens (tertiary/aromatic N) is 2. The van der Waals surface area contributed by atoms with Crippen LogP contribution < -0.4 is 9.47 Å². The fourth-order valence-corrected chi connectivity index (χ4v) is 5.23. The molecule has 1 fully saturated rings. The first kappa shape index (κ1) is 26.1. The van der Waals surface area contributed by atoms with E-state index in [4.69, 9.17) is 25.8 Å². The van der Waals surface area contributed by atoms with Crippen LogP contribution in [0.3, 0.4) is 0 Å². The normalized spacial score (nSPS) is 23.9. The third-order valence-corrected chi connectivity index (χ3v) is 6.41. The fourth-order valence-electron chi connectivity index (χ4n) is 4.73. The van der Waals surface area contributed by atoms with Crippen LogP contribution in [-0.2, 0) is 14.3 Å². The molecule has 1 amide bonds. The van der Waals surface area contributed by atoms with E-state index in [1.165, 1.54) is 30.2 Å². The highest BCUT2D eigenvalue weighted by Crippen LogP contribution is 2.51. The summed E-state index contributed by atoms with van der Waals surface area (Å²) < 4.78 is 59.2. The molecule has 12 heteroatoms. The van der Waals surface area contributed by atoms with Crippen LogP contribution in [0.25, 0.3) is 10.9 Å². The van der Waals surface area contributed by atoms with Gasteiger partial charge in [0.2, 0.25) is 0 Å². The Hall–Kier alpha value is -2.95. The molecule has 1 saturated heterocycles. The summed E-state index contributed by atoms with van der Waals surface area (Å²) in [6.07, 6.45) is -5.28. The van der Waals surface area contributed by atoms with Gasteiger partial charge in [0.05, 0.1) is 30.2 Å². The van der Waals surface area contributed by atoms with Gasteiger partial charge in [0.1, 0.15) is 28.7 Å². The van der Waals surface area contributed by atoms with Crippen LogP contribution >= 0.6 is 11.6 Å². The molecule has 0 bridgehead atoms. The first-order valence-corrected chi connectivity index (χ1v) is 11.7. The highest BCUT2D eigenvalue weighted by atomic mass is 35.5. The number of carbonyl (C=O) groups excluding carboxylic acids is 2. The Labute approximate surface area is 210 Å². The molecular formula is C24H26ClF3N2O6. The first-order valence-electron chi connectivity index (χ1n) is 11.2. The van der Waals surface area contributed by atoms with Crippen LogP contribution in [-0.4, -0.2) is 59.2 Å². The van der Waals surface area contributed by atoms with E-state index in [9.17, 15) is 22.8 Å². The number of pyridine rings is 1. The van der Waals surface area contributed by atoms with Gasteiger partial charge in [0.25, 0.3) is 0 Å². The fraction of sp³-hybridized carbons (Fsp3) is 0.542. The van der Waals surface area contributed by atoms with Crippen molar-refractivity contribution in [2.75, 3.05) is 13.7 Å². The van der Waals surface area contributed by atoms with Crippen molar-refractivity contribution in [1.29, 1.82) is 0 Å². The zero-order valence-corrected chi connectivity index (χ0v) is 21.1. The number of hydrogen-bond donors (Lipinski definition) is 0. The molecule has 3 heterocycles. The SMILES string of the molecule is COC(=O)[C@@H]1CC2(CC(Cl)c3c(c(C)nc4ccc(OC(F)(F)F)cc34)O2)CN1C(=O)OC(C)(C)C. The Morgan fingerprint density at radius 3 is 2.53 bits per heavy atom. The van der Waals surface area contributed by atoms with Gasteiger partial charge < -0.3 is 18.9 Å². The maximum absolute atomic E-state index is 12.9. The summed E-state index contributed by atoms with van der Waals surface area (Å²) in [5.41, 5.74) is -0.479. The summed E-state index contributed by atoms with van der Waals surface area (Å²) in [5.74, 6) is -0.733. The number of halogens is 4. The van der Waals surface area contributed by atoms with Crippen molar-refractivity contribution >= 4 is 34.6 Å². The Balaban J connectivity index is 1.74. The average Bonchev–Trinajstić information content (AvgIpc) is 3.10. The summed E-state index contributed by atoms with van der Waals surface area (Å²) >= 11 is 6.83. The predicted octanol–water partition coefficient (Wildman–Crippen LogP) is 5.43. The summed E-state index contributed by atoms with van der Waals surface area (Å²) in [6.45, 7) is 6.83. The van der Waals surface area contributed by atoms with Crippen LogP contribution in [0.5, 0.6) is 11.5 Å². The molecule has 196 valence electrons. The van der Waals surface area contributed by atoms with Gasteiger partial charge in [0, 0.05) is 23.8 Å². The number of carbonyl (C=O) groups is 2. The van der Waals surface area contributed by atoms with E-state index in [-0.39, 0.29) is 19.4 Å². The smallest absolute Gasteiger partial charge is 0.483 e. The minimum Gasteiger partial charge on any atom is -0.483 e. The zero-order chi connectivity index (χ0) is 26.6. The highest BCUT2D eigenvalue weighted by Gasteiger charge is 2.55. The van der Waals surface area contributed by atoms with E-state index in [0.29, 0.717) is 27.9 Å². The van der Waals surface area contributed by atoms with Crippen LogP contribution in [0.15, 0.2) is 18.2 Å². The lowest BCUT2D eigenvalue weighted by Gasteiger charge is -2.38. The second kappa shape index (κ2) is 8.86. The molecule has 0 saturated carbocycles. The summed E-state index contributed by atoms with van der Waals surface area (Å²) in [6, 6.07) is 2.87. The standard InChI is InChI=1S/C24H26ClF3N2O6/c1-12-19-18(14-8-13(34-24(26,27)28)6-7-16(14)29-12)15(25)9-23(35-19)10-17(20(31)33-5)30(11-23)21(32)36-22(2,3)4/h6-8,15,17H,9-11H2,1-5H3/t15?,17-,23?/m0/s1. The minimum absolute atomic E-state index is 0.000951. The van der Waals surface area contributed by atoms with E-state index >= 15 is 0 Å². The van der Waals surface area contributed by atoms with Gasteiger partial charge in [-0.15, -0.1) is 24.8 Å². The number of hydrogen-bond acceptors (Lipinski definition) is 7. The quantitative estimate of drug-likeness (QED) is 0.378. The number of aromatic nitrogens is 1. The van der Waals surface area contributed by atoms with Crippen molar-refractivity contribution in [3.63, 3.8) is 0 Å². The molecule has 0 aliphatic carbocycles. The molecular weight excluding hydrogens is 505 g/mol. The van der Waals surface area contributed by atoms with Crippen molar-refractivity contribution in [1.82, 2.24) is 9.88 Å². The highest BCUT2D eigenvalue weighted by molar-refractivity contribution is 6.22. The molecule has 4 rings (SSSR count). The number of ether oxygens (including phenoxy) is 4. The molecule has 0 radical (unpaired) electrons. The van der Waals surface area contributed by atoms with Gasteiger partial charge in [-0.2, -0.15) is 0 Å². The number of esters is 1. The van der Waals surface area contributed by atoms with Gasteiger partial charge in [-0.3, -0.25) is 4.90 Å². The number of benzene rings is 1. The van der Waals surface area contributed by atoms with Crippen LogP contribution in [0.1, 0.15) is 50.2 Å². The van der Waals surface area contributed by atoms with Gasteiger partial charge in [0.15, 0.2) is 0 Å². The summed E-state index contributed by atoms with van der Waals surface area (Å²) in [5, 5.41) is -0.352. The number of amides is 1. The molecule has 8 nitrogen and oxygen atoms in total. The molecule has 1 aromatic carbocycles. The molecule has 36 heavy (non-hydrogen) atoms. The summed E-state index contributed by atoms with van der Waals surface area (Å²) in [4.78, 5) is 31.2. The first-order chi connectivity index (χ1) is 16.6. The third-order valence-electron chi connectivity index (χ3n) is 6.04. The van der Waals surface area contributed by atoms with E-state index < -0.39 is 46.8 Å². The van der Waals surface area contributed by atoms with Crippen LogP contribution in [0, 0.1) is 6.92 Å². The number of fused-ring (bicyclic) bond motifs is 3. The van der Waals surface area contributed by atoms with Crippen molar-refractivity contribution in [2.24, 2.45) is 0 Å². The van der Waals surface area contributed by atoms with Crippen molar-refractivity contribution in [3.8, 4) is 11.5 Å². The lowest BCUT2D eigenvalue weighted by molar-refractivity contribution is -0.274. The van der Waals surface area contributed by atoms with E-state index in [0.717, 1.165) is 0 Å². The predicted molar refractivity (Wildman–Crippen MR) is 123 cm³/mol. The Morgan fingerprint density at radius 1 is 1.22 bits per heavy atom. The number of aryl methyl sites for hydroxylation is 1. The Bertz CT molecular complexity index is 1220. The van der Waals surface area contributed by atoms with Crippen molar-refractivity contribution in [2.45, 2.75) is 69.5 Å². The van der Waals surface area contributed by atoms with Crippen LogP contribution in [0.2, 0.25) is 0 Å². The lowest BCUT2D eigenvalue weighted by Crippen LogP contribution is -2.46. The van der Waals surface area contributed by atoms with Gasteiger partial charge >= 0.3 is 18.4 Å². The van der Waals surface area contributed by atoms with Crippen LogP contribution in [0.4, 0.5) is 18.0 Å². The Kier molecular flexibility index (Phi) is 6.43. The van der Waals surface area contributed by atoms with Crippen molar-refractivity contribution < 1.29 is 41.7 Å². The second-order valence-electron chi connectivity index (χ2n) is 9.97. The van der Waals surface area contributed by atoms with E-state index in [1.807, 2.05) is 0 Å². The average molecular weight is 531 g/mol. The summed E-state index contributed by atoms with van der Waals surface area (Å²) in [7, 11) is 1.22. The maximum atomic E-state index is 12.9. The molecule has 2 aromatic rings. The molecule has 2 aliphatic heterocycles. The monoisotopic (exact) mass is 530 g/mol. The second-order valence-corrected chi connectivity index (χ2v) is 10.5. The molecule has 1 spiro atoms. The van der Waals surface area contributed by atoms with Gasteiger partial charge in [-0.05, 0) is 45.9 Å². The molecule has 3 atom stereocenters. The Morgan fingerprint density at radius 2 is 1.92 bits per heavy atom. The van der Waals surface area contributed by atoms with Crippen molar-refractivity contribution in [3.05, 3.63) is 29.5 Å². The molecule has 0 N–H and O–H groups in total. The molecule has 2 unspecified atom stereocenters. The zero-order valence-electron chi connectivity index (χ0n) is 20.4. The topological polar surface area (TPSA) is 87.2 Å². The number of alkyl halides is 4. The largest absolute Gasteiger partial charge is 0.573 e. The van der Waals surface area contributed by atoms with Gasteiger partial charge in [-0.25, -0.2) is 14.6 Å². The third kappa shape index (κ3) is 5.11. The number of rotatable bonds is 2. The molecule has 1 aromatic heterocycles. The molecule has 2 aliphatic rings. The number of likely N-dealkylation sites (tertiary alicyclic amines) is 1.